The SMILES string of the molecule is CCN(CC)c1ccc2c(c1)Oc1c(C#N)c(=NC(=O)c3ccc4c(c3)S(=O)(=O)c3cc(C)ccc3C4=O)n3c(c1=C2)=NC1C=CC=CC13. The largest absolute Gasteiger partial charge is 0.454 e. The second kappa shape index (κ2) is 11.1. The fraction of sp³-hybridized carbons (Fsp3) is 0.184. The van der Waals surface area contributed by atoms with Gasteiger partial charge >= 0.3 is 0 Å². The van der Waals surface area contributed by atoms with E-state index in [1.807, 2.05) is 48.6 Å². The number of hydrogen-bond acceptors (Lipinski definition) is 8. The zero-order valence-electron chi connectivity index (χ0n) is 26.8. The van der Waals surface area contributed by atoms with Crippen LogP contribution in [0.5, 0.6) is 11.5 Å². The predicted molar refractivity (Wildman–Crippen MR) is 181 cm³/mol. The molecule has 10 nitrogen and oxygen atoms in total. The number of amides is 1. The highest BCUT2D eigenvalue weighted by Crippen LogP contribution is 2.36. The third-order valence-corrected chi connectivity index (χ3v) is 11.3. The molecule has 1 aromatic heterocycles. The van der Waals surface area contributed by atoms with E-state index in [-0.39, 0.29) is 55.4 Å². The molecule has 0 saturated heterocycles. The van der Waals surface area contributed by atoms with Gasteiger partial charge in [0.1, 0.15) is 22.9 Å². The van der Waals surface area contributed by atoms with Gasteiger partial charge in [0.2, 0.25) is 9.84 Å². The number of nitrogens with zero attached hydrogens (tertiary/aromatic N) is 5. The maximum absolute atomic E-state index is 14.0. The van der Waals surface area contributed by atoms with Gasteiger partial charge in [-0.3, -0.25) is 19.1 Å². The standard InChI is InChI=1S/C38H29N5O5S/c1-4-42(5-2)24-13-11-22-17-27-35(48-31(22)19-24)28(20-39)37(43-30-9-7-6-8-29(30)40-36(27)43)41-38(45)23-12-15-26-33(18-23)49(46,47)32-16-21(3)10-14-25(32)34(26)44/h6-19,29-30H,4-5H2,1-3H3. The van der Waals surface area contributed by atoms with Crippen molar-refractivity contribution in [2.45, 2.75) is 42.6 Å². The quantitative estimate of drug-likeness (QED) is 0.275. The molecule has 0 spiro atoms. The van der Waals surface area contributed by atoms with Crippen molar-refractivity contribution in [2.75, 3.05) is 18.0 Å². The minimum Gasteiger partial charge on any atom is -0.454 e. The second-order valence-electron chi connectivity index (χ2n) is 12.2. The molecule has 8 rings (SSSR count). The first-order chi connectivity index (χ1) is 23.6. The van der Waals surface area contributed by atoms with E-state index in [0.29, 0.717) is 22.0 Å². The van der Waals surface area contributed by atoms with Gasteiger partial charge in [-0.25, -0.2) is 8.42 Å². The molecule has 1 aliphatic carbocycles. The molecular weight excluding hydrogens is 639 g/mol. The first-order valence-electron chi connectivity index (χ1n) is 16.0. The first kappa shape index (κ1) is 30.5. The Bertz CT molecular complexity index is 2610. The molecule has 0 radical (unpaired) electrons. The minimum atomic E-state index is -4.11. The van der Waals surface area contributed by atoms with Gasteiger partial charge in [0, 0.05) is 47.1 Å². The molecular formula is C38H29N5O5S. The molecule has 1 amide bonds. The third kappa shape index (κ3) is 4.55. The summed E-state index contributed by atoms with van der Waals surface area (Å²) in [5.41, 5.74) is 3.13. The van der Waals surface area contributed by atoms with E-state index >= 15 is 0 Å². The number of allylic oxidation sites excluding steroid dienone is 2. The van der Waals surface area contributed by atoms with Crippen molar-refractivity contribution < 1.29 is 22.7 Å². The van der Waals surface area contributed by atoms with Gasteiger partial charge < -0.3 is 9.64 Å². The molecule has 3 aliphatic heterocycles. The molecule has 0 bridgehead atoms. The number of anilines is 1. The van der Waals surface area contributed by atoms with Crippen molar-refractivity contribution in [1.82, 2.24) is 4.57 Å². The summed E-state index contributed by atoms with van der Waals surface area (Å²) in [6.45, 7) is 7.50. The van der Waals surface area contributed by atoms with Crippen molar-refractivity contribution in [3.63, 3.8) is 0 Å². The number of hydrogen-bond donors (Lipinski definition) is 0. The van der Waals surface area contributed by atoms with E-state index in [1.165, 1.54) is 30.3 Å². The summed E-state index contributed by atoms with van der Waals surface area (Å²) in [5.74, 6) is -0.418. The van der Waals surface area contributed by atoms with Gasteiger partial charge in [-0.2, -0.15) is 10.3 Å². The average Bonchev–Trinajstić information content (AvgIpc) is 3.50. The molecule has 0 fully saturated rings. The second-order valence-corrected chi connectivity index (χ2v) is 14.1. The lowest BCUT2D eigenvalue weighted by Gasteiger charge is -2.24. The monoisotopic (exact) mass is 667 g/mol. The molecule has 4 heterocycles. The fourth-order valence-corrected chi connectivity index (χ4v) is 8.70. The van der Waals surface area contributed by atoms with Gasteiger partial charge in [0.15, 0.2) is 17.0 Å². The number of fused-ring (bicyclic) bond motifs is 8. The smallest absolute Gasteiger partial charge is 0.279 e. The minimum absolute atomic E-state index is 0.0119. The van der Waals surface area contributed by atoms with E-state index in [4.69, 9.17) is 9.73 Å². The van der Waals surface area contributed by atoms with Crippen LogP contribution in [0.3, 0.4) is 0 Å². The Hall–Kier alpha value is -5.86. The molecule has 4 aliphatic rings. The number of pyridine rings is 1. The predicted octanol–water partition coefficient (Wildman–Crippen LogP) is 4.24. The molecule has 0 N–H and O–H groups in total. The summed E-state index contributed by atoms with van der Waals surface area (Å²) in [4.78, 5) is 38.6. The fourth-order valence-electron chi connectivity index (χ4n) is 6.94. The Morgan fingerprint density at radius 1 is 1.02 bits per heavy atom. The van der Waals surface area contributed by atoms with Crippen molar-refractivity contribution in [1.29, 1.82) is 5.26 Å². The number of sulfone groups is 1. The highest BCUT2D eigenvalue weighted by molar-refractivity contribution is 7.91. The normalized spacial score (nSPS) is 18.7. The molecule has 0 saturated carbocycles. The van der Waals surface area contributed by atoms with Crippen LogP contribution < -0.4 is 25.8 Å². The Balaban J connectivity index is 1.32. The van der Waals surface area contributed by atoms with E-state index < -0.39 is 21.5 Å². The Morgan fingerprint density at radius 3 is 2.51 bits per heavy atom. The Morgan fingerprint density at radius 2 is 1.76 bits per heavy atom. The lowest BCUT2D eigenvalue weighted by molar-refractivity contribution is 0.0992. The molecule has 2 atom stereocenters. The summed E-state index contributed by atoms with van der Waals surface area (Å²) in [6.07, 6.45) is 9.60. The maximum atomic E-state index is 14.0. The van der Waals surface area contributed by atoms with E-state index in [0.717, 1.165) is 24.3 Å². The van der Waals surface area contributed by atoms with Crippen molar-refractivity contribution >= 4 is 33.3 Å². The number of aryl methyl sites for hydroxylation is 1. The molecule has 3 aromatic carbocycles. The number of carbonyl (C=O) groups excluding carboxylic acids is 2. The molecule has 242 valence electrons. The van der Waals surface area contributed by atoms with Gasteiger partial charge in [-0.15, -0.1) is 0 Å². The molecule has 2 unspecified atom stereocenters. The van der Waals surface area contributed by atoms with Gasteiger partial charge in [0.25, 0.3) is 5.91 Å². The summed E-state index contributed by atoms with van der Waals surface area (Å²) >= 11 is 0. The number of ether oxygens (including phenoxy) is 1. The van der Waals surface area contributed by atoms with Crippen LogP contribution in [0.15, 0.2) is 98.7 Å². The number of carbonyl (C=O) groups is 2. The van der Waals surface area contributed by atoms with Crippen LogP contribution in [0.4, 0.5) is 5.69 Å². The van der Waals surface area contributed by atoms with Crippen molar-refractivity contribution in [3.05, 3.63) is 128 Å². The molecule has 49 heavy (non-hydrogen) atoms. The Kier molecular flexibility index (Phi) is 6.91. The molecule has 11 heteroatoms. The number of nitriles is 1. The van der Waals surface area contributed by atoms with Crippen LogP contribution in [0.1, 0.15) is 62.9 Å². The summed E-state index contributed by atoms with van der Waals surface area (Å²) in [7, 11) is -4.11. The third-order valence-electron chi connectivity index (χ3n) is 9.43. The lowest BCUT2D eigenvalue weighted by Crippen LogP contribution is -2.46. The van der Waals surface area contributed by atoms with Gasteiger partial charge in [-0.05, 0) is 74.9 Å². The van der Waals surface area contributed by atoms with E-state index in [2.05, 4.69) is 29.8 Å². The summed E-state index contributed by atoms with van der Waals surface area (Å²) < 4.78 is 35.7. The number of aromatic nitrogens is 1. The highest BCUT2D eigenvalue weighted by Gasteiger charge is 2.36. The topological polar surface area (TPSA) is 134 Å². The van der Waals surface area contributed by atoms with Gasteiger partial charge in [-0.1, -0.05) is 30.4 Å². The van der Waals surface area contributed by atoms with Crippen LogP contribution in [0, 0.1) is 18.3 Å². The van der Waals surface area contributed by atoms with Crippen LogP contribution >= 0.6 is 0 Å². The maximum Gasteiger partial charge on any atom is 0.279 e. The van der Waals surface area contributed by atoms with Gasteiger partial charge in [0.05, 0.1) is 27.1 Å². The number of rotatable bonds is 4. The summed E-state index contributed by atoms with van der Waals surface area (Å²) in [5, 5.41) is 11.2. The Labute approximate surface area is 281 Å². The highest BCUT2D eigenvalue weighted by atomic mass is 32.2. The van der Waals surface area contributed by atoms with Crippen molar-refractivity contribution in [2.24, 2.45) is 9.98 Å². The van der Waals surface area contributed by atoms with Crippen molar-refractivity contribution in [3.8, 4) is 17.6 Å². The number of ketones is 1. The average molecular weight is 668 g/mol. The number of benzene rings is 3. The van der Waals surface area contributed by atoms with E-state index in [9.17, 15) is 23.3 Å². The van der Waals surface area contributed by atoms with Crippen LogP contribution in [-0.2, 0) is 9.84 Å². The summed E-state index contributed by atoms with van der Waals surface area (Å²) in [6, 6.07) is 16.1. The molecule has 4 aromatic rings. The van der Waals surface area contributed by atoms with E-state index in [1.54, 1.807) is 17.6 Å². The zero-order valence-corrected chi connectivity index (χ0v) is 27.7. The van der Waals surface area contributed by atoms with Crippen LogP contribution in [0.2, 0.25) is 0 Å². The zero-order chi connectivity index (χ0) is 34.2. The van der Waals surface area contributed by atoms with Crippen LogP contribution in [0.25, 0.3) is 6.08 Å². The van der Waals surface area contributed by atoms with Crippen LogP contribution in [-0.4, -0.2) is 43.8 Å². The first-order valence-corrected chi connectivity index (χ1v) is 17.5. The lowest BCUT2D eigenvalue weighted by atomic mass is 10.00.